The van der Waals surface area contributed by atoms with Crippen molar-refractivity contribution in [2.24, 2.45) is 11.8 Å². The number of rotatable bonds is 4. The highest BCUT2D eigenvalue weighted by atomic mass is 32.1. The summed E-state index contributed by atoms with van der Waals surface area (Å²) in [6, 6.07) is 1.75. The predicted molar refractivity (Wildman–Crippen MR) is 75.9 cm³/mol. The number of carboxylic acid groups (broad SMARTS) is 1. The molecule has 2 N–H and O–H groups in total. The maximum Gasteiger partial charge on any atom is 0.307 e. The maximum atomic E-state index is 12.1. The van der Waals surface area contributed by atoms with Crippen molar-refractivity contribution in [1.29, 1.82) is 0 Å². The normalized spacial score (nSPS) is 20.4. The van der Waals surface area contributed by atoms with E-state index in [1.54, 1.807) is 18.5 Å². The number of carbonyl (C=O) groups is 2. The molecule has 0 unspecified atom stereocenters. The second-order valence-corrected chi connectivity index (χ2v) is 6.04. The zero-order valence-electron chi connectivity index (χ0n) is 11.2. The first-order valence-electron chi connectivity index (χ1n) is 6.41. The summed E-state index contributed by atoms with van der Waals surface area (Å²) in [7, 11) is 1.58. The monoisotopic (exact) mass is 307 g/mol. The summed E-state index contributed by atoms with van der Waals surface area (Å²) in [5.41, 5.74) is 0.384. The minimum atomic E-state index is -0.937. The van der Waals surface area contributed by atoms with Gasteiger partial charge in [0.2, 0.25) is 5.91 Å². The number of carboxylic acids is 1. The van der Waals surface area contributed by atoms with Crippen LogP contribution in [-0.4, -0.2) is 38.9 Å². The van der Waals surface area contributed by atoms with E-state index in [2.05, 4.69) is 9.97 Å². The van der Waals surface area contributed by atoms with Crippen molar-refractivity contribution in [3.8, 4) is 0 Å². The van der Waals surface area contributed by atoms with Crippen LogP contribution in [0.1, 0.15) is 12.2 Å². The van der Waals surface area contributed by atoms with E-state index in [4.69, 9.17) is 5.11 Å². The van der Waals surface area contributed by atoms with Crippen LogP contribution in [0.2, 0.25) is 0 Å². The lowest BCUT2D eigenvalue weighted by atomic mass is 10.3. The zero-order chi connectivity index (χ0) is 15.1. The number of nitrogens with zero attached hydrogens (tertiary/aromatic N) is 2. The molecule has 1 saturated carbocycles. The Kier molecular flexibility index (Phi) is 3.25. The van der Waals surface area contributed by atoms with Crippen molar-refractivity contribution < 1.29 is 14.7 Å². The number of hydrogen-bond acceptors (Lipinski definition) is 5. The second-order valence-electron chi connectivity index (χ2n) is 5.13. The lowest BCUT2D eigenvalue weighted by Gasteiger charge is -2.16. The van der Waals surface area contributed by atoms with Gasteiger partial charge in [-0.2, -0.15) is 0 Å². The van der Waals surface area contributed by atoms with E-state index in [-0.39, 0.29) is 18.0 Å². The molecule has 2 heterocycles. The predicted octanol–water partition coefficient (Wildman–Crippen LogP) is 0.664. The average molecular weight is 307 g/mol. The SMILES string of the molecule is CN(Cc1nc2ccsc2c(=O)[nH]1)C(=O)[C@H]1C[C@@H]1C(=O)O. The molecule has 1 amide bonds. The molecule has 1 aliphatic rings. The van der Waals surface area contributed by atoms with Gasteiger partial charge in [0.15, 0.2) is 0 Å². The molecule has 0 saturated heterocycles. The average Bonchev–Trinajstić information content (AvgIpc) is 3.09. The van der Waals surface area contributed by atoms with E-state index >= 15 is 0 Å². The van der Waals surface area contributed by atoms with Gasteiger partial charge in [-0.25, -0.2) is 4.98 Å². The van der Waals surface area contributed by atoms with Crippen molar-refractivity contribution in [2.75, 3.05) is 7.05 Å². The number of nitrogens with one attached hydrogen (secondary N) is 1. The van der Waals surface area contributed by atoms with Gasteiger partial charge >= 0.3 is 5.97 Å². The van der Waals surface area contributed by atoms with Gasteiger partial charge in [-0.3, -0.25) is 14.4 Å². The van der Waals surface area contributed by atoms with E-state index in [1.807, 2.05) is 0 Å². The van der Waals surface area contributed by atoms with Gasteiger partial charge in [-0.15, -0.1) is 11.3 Å². The number of carbonyl (C=O) groups excluding carboxylic acids is 1. The Morgan fingerprint density at radius 3 is 2.95 bits per heavy atom. The minimum Gasteiger partial charge on any atom is -0.481 e. The van der Waals surface area contributed by atoms with Crippen molar-refractivity contribution in [2.45, 2.75) is 13.0 Å². The minimum absolute atomic E-state index is 0.155. The van der Waals surface area contributed by atoms with Crippen LogP contribution < -0.4 is 5.56 Å². The fourth-order valence-corrected chi connectivity index (χ4v) is 3.05. The molecular weight excluding hydrogens is 294 g/mol. The van der Waals surface area contributed by atoms with Crippen LogP contribution in [0.3, 0.4) is 0 Å². The third-order valence-electron chi connectivity index (χ3n) is 3.55. The van der Waals surface area contributed by atoms with Crippen molar-refractivity contribution in [3.63, 3.8) is 0 Å². The summed E-state index contributed by atoms with van der Waals surface area (Å²) in [4.78, 5) is 43.0. The maximum absolute atomic E-state index is 12.1. The van der Waals surface area contributed by atoms with E-state index in [0.29, 0.717) is 22.5 Å². The van der Waals surface area contributed by atoms with Gasteiger partial charge in [-0.05, 0) is 17.9 Å². The summed E-state index contributed by atoms with van der Waals surface area (Å²) < 4.78 is 0.556. The molecule has 7 nitrogen and oxygen atoms in total. The van der Waals surface area contributed by atoms with Crippen molar-refractivity contribution in [3.05, 3.63) is 27.6 Å². The molecule has 2 aromatic rings. The molecule has 0 aliphatic heterocycles. The number of hydrogen-bond donors (Lipinski definition) is 2. The van der Waals surface area contributed by atoms with E-state index in [1.165, 1.54) is 16.2 Å². The fourth-order valence-electron chi connectivity index (χ4n) is 2.32. The number of aromatic amines is 1. The van der Waals surface area contributed by atoms with Gasteiger partial charge in [-0.1, -0.05) is 0 Å². The quantitative estimate of drug-likeness (QED) is 0.864. The summed E-state index contributed by atoms with van der Waals surface area (Å²) >= 11 is 1.31. The highest BCUT2D eigenvalue weighted by Gasteiger charge is 2.49. The molecule has 1 fully saturated rings. The zero-order valence-corrected chi connectivity index (χ0v) is 12.0. The number of thiophene rings is 1. The summed E-state index contributed by atoms with van der Waals surface area (Å²) in [5.74, 6) is -1.80. The van der Waals surface area contributed by atoms with E-state index < -0.39 is 17.8 Å². The molecule has 3 rings (SSSR count). The third kappa shape index (κ3) is 2.54. The molecule has 2 atom stereocenters. The van der Waals surface area contributed by atoms with Crippen LogP contribution in [0.4, 0.5) is 0 Å². The fraction of sp³-hybridized carbons (Fsp3) is 0.385. The lowest BCUT2D eigenvalue weighted by Crippen LogP contribution is -2.30. The molecule has 0 spiro atoms. The summed E-state index contributed by atoms with van der Waals surface area (Å²) in [5, 5.41) is 10.6. The molecular formula is C13H13N3O4S. The highest BCUT2D eigenvalue weighted by Crippen LogP contribution is 2.40. The highest BCUT2D eigenvalue weighted by molar-refractivity contribution is 7.17. The van der Waals surface area contributed by atoms with Crippen molar-refractivity contribution in [1.82, 2.24) is 14.9 Å². The number of fused-ring (bicyclic) bond motifs is 1. The van der Waals surface area contributed by atoms with Gasteiger partial charge < -0.3 is 15.0 Å². The van der Waals surface area contributed by atoms with Crippen LogP contribution in [0.15, 0.2) is 16.2 Å². The largest absolute Gasteiger partial charge is 0.481 e. The van der Waals surface area contributed by atoms with Crippen LogP contribution in [0.5, 0.6) is 0 Å². The van der Waals surface area contributed by atoms with Gasteiger partial charge in [0.1, 0.15) is 10.5 Å². The first kappa shape index (κ1) is 13.7. The Hall–Kier alpha value is -2.22. The molecule has 2 aromatic heterocycles. The van der Waals surface area contributed by atoms with Crippen LogP contribution in [0.25, 0.3) is 10.2 Å². The number of H-pyrrole nitrogens is 1. The first-order chi connectivity index (χ1) is 9.97. The van der Waals surface area contributed by atoms with Crippen molar-refractivity contribution >= 4 is 33.4 Å². The van der Waals surface area contributed by atoms with Gasteiger partial charge in [0.25, 0.3) is 5.56 Å². The Morgan fingerprint density at radius 2 is 2.29 bits per heavy atom. The molecule has 1 aliphatic carbocycles. The molecule has 0 aromatic carbocycles. The topological polar surface area (TPSA) is 103 Å². The summed E-state index contributed by atoms with van der Waals surface area (Å²) in [6.45, 7) is 0.155. The Balaban J connectivity index is 1.74. The lowest BCUT2D eigenvalue weighted by molar-refractivity contribution is -0.141. The second kappa shape index (κ2) is 4.96. The van der Waals surface area contributed by atoms with Crippen LogP contribution in [-0.2, 0) is 16.1 Å². The Labute approximate surface area is 123 Å². The van der Waals surface area contributed by atoms with Crippen LogP contribution in [0, 0.1) is 11.8 Å². The Morgan fingerprint density at radius 1 is 1.52 bits per heavy atom. The van der Waals surface area contributed by atoms with Gasteiger partial charge in [0.05, 0.1) is 23.9 Å². The smallest absolute Gasteiger partial charge is 0.307 e. The van der Waals surface area contributed by atoms with Gasteiger partial charge in [0, 0.05) is 7.05 Å². The Bertz CT molecular complexity index is 781. The number of aromatic nitrogens is 2. The van der Waals surface area contributed by atoms with E-state index in [0.717, 1.165) is 0 Å². The van der Waals surface area contributed by atoms with E-state index in [9.17, 15) is 14.4 Å². The molecule has 21 heavy (non-hydrogen) atoms. The number of aliphatic carboxylic acids is 1. The molecule has 110 valence electrons. The molecule has 0 radical (unpaired) electrons. The number of amides is 1. The summed E-state index contributed by atoms with van der Waals surface area (Å²) in [6.07, 6.45) is 0.381. The standard InChI is InChI=1S/C13H13N3O4S/c1-16(12(18)6-4-7(6)13(19)20)5-9-14-8-2-3-21-10(8)11(17)15-9/h2-3,6-7H,4-5H2,1H3,(H,19,20)(H,14,15,17)/t6-,7-/m0/s1. The van der Waals surface area contributed by atoms with Crippen LogP contribution >= 0.6 is 11.3 Å². The molecule has 0 bridgehead atoms. The first-order valence-corrected chi connectivity index (χ1v) is 7.29. The molecule has 8 heteroatoms. The third-order valence-corrected chi connectivity index (χ3v) is 4.45.